The standard InChI is InChI=1S/C13H20O/c1-6-10-7-9(2)12(14)11(8-10)13(3,4)5/h7-8,12,14H,2,6H2,1,3-5H3. The Kier molecular flexibility index (Phi) is 3.01. The summed E-state index contributed by atoms with van der Waals surface area (Å²) >= 11 is 0. The minimum Gasteiger partial charge on any atom is -0.384 e. The molecule has 1 N–H and O–H groups in total. The fourth-order valence-corrected chi connectivity index (χ4v) is 1.67. The Morgan fingerprint density at radius 3 is 2.36 bits per heavy atom. The van der Waals surface area contributed by atoms with Crippen LogP contribution in [0.5, 0.6) is 0 Å². The van der Waals surface area contributed by atoms with Crippen LogP contribution < -0.4 is 0 Å². The molecule has 1 nitrogen and oxygen atoms in total. The fraction of sp³-hybridized carbons (Fsp3) is 0.538. The first kappa shape index (κ1) is 11.3. The first-order valence-corrected chi connectivity index (χ1v) is 5.15. The van der Waals surface area contributed by atoms with Gasteiger partial charge in [-0.25, -0.2) is 0 Å². The van der Waals surface area contributed by atoms with Crippen LogP contribution in [0.15, 0.2) is 35.5 Å². The van der Waals surface area contributed by atoms with Crippen molar-refractivity contribution in [1.29, 1.82) is 0 Å². The van der Waals surface area contributed by atoms with E-state index in [1.165, 1.54) is 5.57 Å². The molecule has 0 radical (unpaired) electrons. The zero-order valence-corrected chi connectivity index (χ0v) is 9.59. The molecule has 1 heteroatoms. The van der Waals surface area contributed by atoms with Crippen LogP contribution in [0.3, 0.4) is 0 Å². The van der Waals surface area contributed by atoms with E-state index >= 15 is 0 Å². The molecular weight excluding hydrogens is 172 g/mol. The fourth-order valence-electron chi connectivity index (χ4n) is 1.67. The highest BCUT2D eigenvalue weighted by Crippen LogP contribution is 2.35. The third kappa shape index (κ3) is 2.16. The molecule has 0 fully saturated rings. The molecule has 0 aromatic carbocycles. The number of allylic oxidation sites excluding steroid dienone is 2. The Balaban J connectivity index is 3.10. The van der Waals surface area contributed by atoms with E-state index < -0.39 is 6.10 Å². The SMILES string of the molecule is C=C1C=C(CC)C=C(C(C)(C)C)C1O. The molecule has 0 aromatic heterocycles. The van der Waals surface area contributed by atoms with Gasteiger partial charge >= 0.3 is 0 Å². The van der Waals surface area contributed by atoms with Gasteiger partial charge in [-0.3, -0.25) is 0 Å². The van der Waals surface area contributed by atoms with Crippen LogP contribution in [-0.4, -0.2) is 11.2 Å². The molecule has 1 aliphatic carbocycles. The van der Waals surface area contributed by atoms with Crippen LogP contribution in [0, 0.1) is 5.41 Å². The minimum absolute atomic E-state index is 0.0109. The van der Waals surface area contributed by atoms with Crippen molar-refractivity contribution in [3.8, 4) is 0 Å². The van der Waals surface area contributed by atoms with Crippen molar-refractivity contribution in [1.82, 2.24) is 0 Å². The van der Waals surface area contributed by atoms with E-state index in [1.54, 1.807) is 0 Å². The Bertz CT molecular complexity index is 300. The average Bonchev–Trinajstić information content (AvgIpc) is 2.07. The number of aliphatic hydroxyl groups excluding tert-OH is 1. The van der Waals surface area contributed by atoms with Gasteiger partial charge in [0.1, 0.15) is 6.10 Å². The van der Waals surface area contributed by atoms with Crippen molar-refractivity contribution in [2.45, 2.75) is 40.2 Å². The third-order valence-corrected chi connectivity index (χ3v) is 2.63. The summed E-state index contributed by atoms with van der Waals surface area (Å²) in [5.74, 6) is 0. The van der Waals surface area contributed by atoms with Crippen LogP contribution in [0.1, 0.15) is 34.1 Å². The second-order valence-corrected chi connectivity index (χ2v) is 4.90. The smallest absolute Gasteiger partial charge is 0.100 e. The maximum absolute atomic E-state index is 9.97. The van der Waals surface area contributed by atoms with E-state index in [4.69, 9.17) is 0 Å². The molecule has 0 aliphatic heterocycles. The van der Waals surface area contributed by atoms with Crippen LogP contribution in [0.4, 0.5) is 0 Å². The van der Waals surface area contributed by atoms with Crippen molar-refractivity contribution in [3.05, 3.63) is 35.5 Å². The van der Waals surface area contributed by atoms with Crippen LogP contribution in [-0.2, 0) is 0 Å². The average molecular weight is 192 g/mol. The van der Waals surface area contributed by atoms with Crippen LogP contribution >= 0.6 is 0 Å². The monoisotopic (exact) mass is 192 g/mol. The van der Waals surface area contributed by atoms with Crippen molar-refractivity contribution in [2.75, 3.05) is 0 Å². The molecule has 0 saturated carbocycles. The molecule has 0 heterocycles. The highest BCUT2D eigenvalue weighted by Gasteiger charge is 2.27. The van der Waals surface area contributed by atoms with Gasteiger partial charge in [-0.2, -0.15) is 0 Å². The van der Waals surface area contributed by atoms with Gasteiger partial charge in [0.2, 0.25) is 0 Å². The molecule has 0 bridgehead atoms. The van der Waals surface area contributed by atoms with E-state index in [9.17, 15) is 5.11 Å². The van der Waals surface area contributed by atoms with Crippen LogP contribution in [0.2, 0.25) is 0 Å². The molecule has 0 saturated heterocycles. The van der Waals surface area contributed by atoms with Gasteiger partial charge in [0, 0.05) is 0 Å². The van der Waals surface area contributed by atoms with E-state index in [0.717, 1.165) is 17.6 Å². The molecule has 1 rings (SSSR count). The Morgan fingerprint density at radius 1 is 1.36 bits per heavy atom. The van der Waals surface area contributed by atoms with E-state index in [-0.39, 0.29) is 5.41 Å². The predicted molar refractivity (Wildman–Crippen MR) is 61.1 cm³/mol. The Hall–Kier alpha value is -0.820. The predicted octanol–water partition coefficient (Wildman–Crippen LogP) is 3.23. The van der Waals surface area contributed by atoms with Gasteiger partial charge in [0.25, 0.3) is 0 Å². The molecular formula is C13H20O. The lowest BCUT2D eigenvalue weighted by Gasteiger charge is -2.31. The van der Waals surface area contributed by atoms with Crippen molar-refractivity contribution >= 4 is 0 Å². The highest BCUT2D eigenvalue weighted by molar-refractivity contribution is 5.45. The zero-order valence-electron chi connectivity index (χ0n) is 9.59. The quantitative estimate of drug-likeness (QED) is 0.676. The first-order chi connectivity index (χ1) is 6.36. The van der Waals surface area contributed by atoms with E-state index in [0.29, 0.717) is 0 Å². The van der Waals surface area contributed by atoms with Gasteiger partial charge in [0.05, 0.1) is 0 Å². The molecule has 78 valence electrons. The summed E-state index contributed by atoms with van der Waals surface area (Å²) in [5, 5.41) is 9.97. The molecule has 1 unspecified atom stereocenters. The molecule has 0 spiro atoms. The molecule has 1 atom stereocenters. The molecule has 1 aliphatic rings. The Morgan fingerprint density at radius 2 is 1.93 bits per heavy atom. The van der Waals surface area contributed by atoms with Gasteiger partial charge in [-0.1, -0.05) is 46.4 Å². The number of rotatable bonds is 1. The van der Waals surface area contributed by atoms with E-state index in [1.807, 2.05) is 6.08 Å². The van der Waals surface area contributed by atoms with Gasteiger partial charge < -0.3 is 5.11 Å². The second-order valence-electron chi connectivity index (χ2n) is 4.90. The Labute approximate surface area is 86.8 Å². The largest absolute Gasteiger partial charge is 0.384 e. The van der Waals surface area contributed by atoms with E-state index in [2.05, 4.69) is 40.3 Å². The summed E-state index contributed by atoms with van der Waals surface area (Å²) in [6.07, 6.45) is 4.59. The maximum atomic E-state index is 9.97. The van der Waals surface area contributed by atoms with Gasteiger partial charge in [0.15, 0.2) is 0 Å². The normalized spacial score (nSPS) is 23.2. The van der Waals surface area contributed by atoms with Gasteiger partial charge in [-0.15, -0.1) is 0 Å². The van der Waals surface area contributed by atoms with Crippen molar-refractivity contribution < 1.29 is 5.11 Å². The summed E-state index contributed by atoms with van der Waals surface area (Å²) in [4.78, 5) is 0. The molecule has 14 heavy (non-hydrogen) atoms. The second kappa shape index (κ2) is 3.74. The van der Waals surface area contributed by atoms with Crippen molar-refractivity contribution in [2.24, 2.45) is 5.41 Å². The van der Waals surface area contributed by atoms with Crippen molar-refractivity contribution in [3.63, 3.8) is 0 Å². The maximum Gasteiger partial charge on any atom is 0.100 e. The summed E-state index contributed by atoms with van der Waals surface area (Å²) in [5.41, 5.74) is 3.15. The summed E-state index contributed by atoms with van der Waals surface area (Å²) < 4.78 is 0. The lowest BCUT2D eigenvalue weighted by molar-refractivity contribution is 0.220. The lowest BCUT2D eigenvalue weighted by atomic mass is 9.77. The highest BCUT2D eigenvalue weighted by atomic mass is 16.3. The number of aliphatic hydroxyl groups is 1. The number of hydrogen-bond acceptors (Lipinski definition) is 1. The molecule has 0 amide bonds. The van der Waals surface area contributed by atoms with Gasteiger partial charge in [-0.05, 0) is 28.6 Å². The lowest BCUT2D eigenvalue weighted by Crippen LogP contribution is -2.25. The third-order valence-electron chi connectivity index (χ3n) is 2.63. The summed E-state index contributed by atoms with van der Waals surface area (Å²) in [6.45, 7) is 12.4. The summed E-state index contributed by atoms with van der Waals surface area (Å²) in [7, 11) is 0. The summed E-state index contributed by atoms with van der Waals surface area (Å²) in [6, 6.07) is 0. The minimum atomic E-state index is -0.495. The van der Waals surface area contributed by atoms with Crippen LogP contribution in [0.25, 0.3) is 0 Å². The first-order valence-electron chi connectivity index (χ1n) is 5.15. The number of hydrogen-bond donors (Lipinski definition) is 1. The topological polar surface area (TPSA) is 20.2 Å². The molecule has 0 aromatic rings. The zero-order chi connectivity index (χ0) is 10.9.